The highest BCUT2D eigenvalue weighted by atomic mass is 28.3. The highest BCUT2D eigenvalue weighted by Crippen LogP contribution is 2.42. The second-order valence-electron chi connectivity index (χ2n) is 15.7. The van der Waals surface area contributed by atoms with Gasteiger partial charge in [0.25, 0.3) is 0 Å². The molecule has 0 radical (unpaired) electrons. The average molecular weight is 795 g/mol. The number of benzene rings is 10. The van der Waals surface area contributed by atoms with Gasteiger partial charge in [-0.3, -0.25) is 0 Å². The van der Waals surface area contributed by atoms with Crippen LogP contribution < -0.4 is 25.6 Å². The van der Waals surface area contributed by atoms with Crippen molar-refractivity contribution < 1.29 is 0 Å². The van der Waals surface area contributed by atoms with Gasteiger partial charge in [0.05, 0.1) is 16.7 Å². The van der Waals surface area contributed by atoms with Gasteiger partial charge >= 0.3 is 0 Å². The Morgan fingerprint density at radius 1 is 0.311 bits per heavy atom. The first-order valence-corrected chi connectivity index (χ1v) is 23.0. The van der Waals surface area contributed by atoms with Gasteiger partial charge in [0, 0.05) is 33.2 Å². The Kier molecular flexibility index (Phi) is 9.22. The number of aromatic nitrogens is 1. The van der Waals surface area contributed by atoms with E-state index in [1.807, 2.05) is 0 Å². The van der Waals surface area contributed by atoms with Gasteiger partial charge in [-0.2, -0.15) is 0 Å². The summed E-state index contributed by atoms with van der Waals surface area (Å²) in [5, 5.41) is 10.3. The molecule has 0 amide bonds. The van der Waals surface area contributed by atoms with E-state index in [0.717, 1.165) is 22.7 Å². The van der Waals surface area contributed by atoms with Crippen LogP contribution in [0.5, 0.6) is 0 Å². The van der Waals surface area contributed by atoms with E-state index in [2.05, 4.69) is 264 Å². The fraction of sp³-hybridized carbons (Fsp3) is 0. The van der Waals surface area contributed by atoms with Crippen LogP contribution in [0.1, 0.15) is 0 Å². The van der Waals surface area contributed by atoms with Crippen LogP contribution >= 0.6 is 0 Å². The predicted molar refractivity (Wildman–Crippen MR) is 262 cm³/mol. The summed E-state index contributed by atoms with van der Waals surface area (Å²) in [5.41, 5.74) is 9.24. The topological polar surface area (TPSA) is 8.17 Å². The predicted octanol–water partition coefficient (Wildman–Crippen LogP) is 12.5. The van der Waals surface area contributed by atoms with Crippen molar-refractivity contribution in [3.63, 3.8) is 0 Å². The number of hydrogen-bond acceptors (Lipinski definition) is 1. The van der Waals surface area contributed by atoms with Crippen molar-refractivity contribution in [2.45, 2.75) is 0 Å². The molecule has 10 aromatic carbocycles. The Morgan fingerprint density at radius 3 is 1.41 bits per heavy atom. The lowest BCUT2D eigenvalue weighted by molar-refractivity contribution is 1.18. The number of fused-ring (bicyclic) bond motifs is 4. The Bertz CT molecular complexity index is 3170. The van der Waals surface area contributed by atoms with Crippen LogP contribution in [0, 0.1) is 0 Å². The summed E-state index contributed by atoms with van der Waals surface area (Å²) < 4.78 is 2.44. The van der Waals surface area contributed by atoms with Crippen molar-refractivity contribution in [2.24, 2.45) is 0 Å². The molecule has 0 aliphatic carbocycles. The Balaban J connectivity index is 1.19. The summed E-state index contributed by atoms with van der Waals surface area (Å²) in [7, 11) is -2.80. The molecule has 1 aromatic heterocycles. The quantitative estimate of drug-likeness (QED) is 0.104. The number of nitrogens with zero attached hydrogens (tertiary/aromatic N) is 2. The first-order valence-electron chi connectivity index (χ1n) is 21.0. The molecule has 0 N–H and O–H groups in total. The fourth-order valence-corrected chi connectivity index (χ4v) is 14.3. The molecule has 288 valence electrons. The van der Waals surface area contributed by atoms with Crippen LogP contribution in [0.15, 0.2) is 255 Å². The lowest BCUT2D eigenvalue weighted by atomic mass is 10.0. The van der Waals surface area contributed by atoms with Crippen molar-refractivity contribution in [2.75, 3.05) is 4.90 Å². The Labute approximate surface area is 357 Å². The molecule has 2 nitrogen and oxygen atoms in total. The molecule has 11 aromatic rings. The molecule has 0 aliphatic rings. The smallest absolute Gasteiger partial charge is 0.179 e. The molecule has 0 fully saturated rings. The van der Waals surface area contributed by atoms with Crippen LogP contribution in [-0.2, 0) is 0 Å². The summed E-state index contributed by atoms with van der Waals surface area (Å²) in [4.78, 5) is 2.43. The van der Waals surface area contributed by atoms with Gasteiger partial charge in [-0.25, -0.2) is 0 Å². The average Bonchev–Trinajstić information content (AvgIpc) is 3.67. The third kappa shape index (κ3) is 6.26. The summed E-state index contributed by atoms with van der Waals surface area (Å²) in [6.07, 6.45) is 0. The van der Waals surface area contributed by atoms with Crippen molar-refractivity contribution in [1.29, 1.82) is 0 Å². The maximum atomic E-state index is 2.52. The highest BCUT2D eigenvalue weighted by Gasteiger charge is 2.41. The Morgan fingerprint density at radius 2 is 0.787 bits per heavy atom. The maximum absolute atomic E-state index is 2.80. The largest absolute Gasteiger partial charge is 0.310 e. The number of para-hydroxylation sites is 1. The van der Waals surface area contributed by atoms with Crippen molar-refractivity contribution >= 4 is 78.5 Å². The van der Waals surface area contributed by atoms with Gasteiger partial charge in [0.15, 0.2) is 8.07 Å². The van der Waals surface area contributed by atoms with E-state index >= 15 is 0 Å². The van der Waals surface area contributed by atoms with Gasteiger partial charge in [-0.1, -0.05) is 200 Å². The van der Waals surface area contributed by atoms with E-state index in [4.69, 9.17) is 0 Å². The van der Waals surface area contributed by atoms with Crippen LogP contribution in [0.3, 0.4) is 0 Å². The van der Waals surface area contributed by atoms with Gasteiger partial charge in [0.1, 0.15) is 0 Å². The van der Waals surface area contributed by atoms with E-state index in [9.17, 15) is 0 Å². The molecule has 0 spiro atoms. The Hall–Kier alpha value is -7.72. The molecule has 11 rings (SSSR count). The minimum Gasteiger partial charge on any atom is -0.310 e. The second kappa shape index (κ2) is 15.5. The molecule has 3 heteroatoms. The normalized spacial score (nSPS) is 11.6. The molecule has 0 atom stereocenters. The first kappa shape index (κ1) is 36.4. The third-order valence-corrected chi connectivity index (χ3v) is 17.1. The van der Waals surface area contributed by atoms with Crippen LogP contribution in [-0.4, -0.2) is 12.6 Å². The molecule has 61 heavy (non-hydrogen) atoms. The summed E-state index contributed by atoms with van der Waals surface area (Å²) in [5.74, 6) is 0. The lowest BCUT2D eigenvalue weighted by Crippen LogP contribution is -2.74. The van der Waals surface area contributed by atoms with E-state index in [0.29, 0.717) is 0 Å². The number of anilines is 3. The molecule has 0 aliphatic heterocycles. The summed E-state index contributed by atoms with van der Waals surface area (Å²) in [6.45, 7) is 0. The van der Waals surface area contributed by atoms with Gasteiger partial charge in [-0.15, -0.1) is 0 Å². The zero-order valence-corrected chi connectivity index (χ0v) is 34.6. The zero-order chi connectivity index (χ0) is 40.6. The van der Waals surface area contributed by atoms with E-state index < -0.39 is 8.07 Å². The van der Waals surface area contributed by atoms with Crippen molar-refractivity contribution in [3.05, 3.63) is 255 Å². The second-order valence-corrected chi connectivity index (χ2v) is 19.5. The van der Waals surface area contributed by atoms with Gasteiger partial charge in [-0.05, 0) is 91.9 Å². The molecular formula is C58H42N2Si. The van der Waals surface area contributed by atoms with E-state index in [1.54, 1.807) is 0 Å². The van der Waals surface area contributed by atoms with Crippen LogP contribution in [0.4, 0.5) is 17.1 Å². The SMILES string of the molecule is c1ccc(-c2ccc(N(c3ccc4c(c3)c3cc([Si](c5ccccc5)(c5ccccc5)c5ccccc5)ccc3n4-c3ccccc3)c3cccc4ccccc34)cc2)cc1. The lowest BCUT2D eigenvalue weighted by Gasteiger charge is -2.34. The molecule has 0 saturated carbocycles. The van der Waals surface area contributed by atoms with E-state index in [-0.39, 0.29) is 0 Å². The van der Waals surface area contributed by atoms with Crippen LogP contribution in [0.25, 0.3) is 49.4 Å². The molecule has 0 saturated heterocycles. The molecule has 0 bridgehead atoms. The molecule has 1 heterocycles. The van der Waals surface area contributed by atoms with Crippen molar-refractivity contribution in [3.8, 4) is 16.8 Å². The van der Waals surface area contributed by atoms with E-state index in [1.165, 1.54) is 64.5 Å². The molecular weight excluding hydrogens is 753 g/mol. The first-order chi connectivity index (χ1) is 30.3. The number of rotatable bonds is 9. The maximum Gasteiger partial charge on any atom is 0.179 e. The third-order valence-electron chi connectivity index (χ3n) is 12.3. The minimum absolute atomic E-state index is 1.10. The van der Waals surface area contributed by atoms with Crippen molar-refractivity contribution in [1.82, 2.24) is 4.57 Å². The highest BCUT2D eigenvalue weighted by molar-refractivity contribution is 7.20. The molecule has 0 unspecified atom stereocenters. The number of hydrogen-bond donors (Lipinski definition) is 0. The minimum atomic E-state index is -2.80. The zero-order valence-electron chi connectivity index (χ0n) is 33.6. The monoisotopic (exact) mass is 794 g/mol. The van der Waals surface area contributed by atoms with Gasteiger partial charge in [0.2, 0.25) is 0 Å². The van der Waals surface area contributed by atoms with Crippen LogP contribution in [0.2, 0.25) is 0 Å². The fourth-order valence-electron chi connectivity index (χ4n) is 9.57. The summed E-state index contributed by atoms with van der Waals surface area (Å²) >= 11 is 0. The summed E-state index contributed by atoms with van der Waals surface area (Å²) in [6, 6.07) is 93.8. The van der Waals surface area contributed by atoms with Gasteiger partial charge < -0.3 is 9.47 Å². The standard InChI is InChI=1S/C58H42N2Si/c1-6-19-43(20-7-1)44-33-35-47(36-34-44)59(56-32-18-22-45-21-16-17-31-53(45)56)48-37-39-57-54(41-48)55-42-52(38-40-58(55)60(57)46-23-8-2-9-24-46)61(49-25-10-3-11-26-49,50-27-12-4-13-28-50)51-29-14-5-15-30-51/h1-42H.